The summed E-state index contributed by atoms with van der Waals surface area (Å²) in [7, 11) is 0. The molecule has 0 spiro atoms. The quantitative estimate of drug-likeness (QED) is 0.466. The number of rotatable bonds is 0. The molecule has 1 unspecified atom stereocenters. The Morgan fingerprint density at radius 1 is 1.25 bits per heavy atom. The number of ether oxygens (including phenoxy) is 1. The normalized spacial score (nSPS) is 47.6. The molecule has 0 aromatic carbocycles. The zero-order chi connectivity index (χ0) is 6.15. The van der Waals surface area contributed by atoms with Gasteiger partial charge in [0, 0.05) is 0 Å². The molecular formula is C7H14O. The fourth-order valence-electron chi connectivity index (χ4n) is 1.27. The topological polar surface area (TPSA) is 9.23 Å². The summed E-state index contributed by atoms with van der Waals surface area (Å²) < 4.78 is 5.47. The van der Waals surface area contributed by atoms with Crippen LogP contribution in [-0.2, 0) is 4.74 Å². The van der Waals surface area contributed by atoms with Crippen LogP contribution in [0.4, 0.5) is 0 Å². The standard InChI is InChI=1S/C7H14O/c1-5-4-6(2)8-7(5)3/h5-7H,4H2,1-3H3/t5-,6-,7?/m0/s1. The van der Waals surface area contributed by atoms with E-state index in [-0.39, 0.29) is 0 Å². The lowest BCUT2D eigenvalue weighted by atomic mass is 10.0. The van der Waals surface area contributed by atoms with E-state index in [0.29, 0.717) is 12.2 Å². The van der Waals surface area contributed by atoms with Crippen LogP contribution < -0.4 is 0 Å². The van der Waals surface area contributed by atoms with E-state index in [9.17, 15) is 0 Å². The average molecular weight is 114 g/mol. The largest absolute Gasteiger partial charge is 0.375 e. The summed E-state index contributed by atoms with van der Waals surface area (Å²) in [6.07, 6.45) is 2.23. The third kappa shape index (κ3) is 1.03. The highest BCUT2D eigenvalue weighted by Gasteiger charge is 2.24. The monoisotopic (exact) mass is 114 g/mol. The van der Waals surface area contributed by atoms with Gasteiger partial charge >= 0.3 is 0 Å². The molecular weight excluding hydrogens is 100 g/mol. The summed E-state index contributed by atoms with van der Waals surface area (Å²) in [6.45, 7) is 6.53. The first kappa shape index (κ1) is 6.09. The van der Waals surface area contributed by atoms with Crippen molar-refractivity contribution < 1.29 is 4.74 Å². The van der Waals surface area contributed by atoms with Crippen LogP contribution in [0.25, 0.3) is 0 Å². The van der Waals surface area contributed by atoms with Gasteiger partial charge in [0.05, 0.1) is 12.2 Å². The Morgan fingerprint density at radius 3 is 2.00 bits per heavy atom. The van der Waals surface area contributed by atoms with Crippen molar-refractivity contribution >= 4 is 0 Å². The third-order valence-corrected chi connectivity index (χ3v) is 1.95. The maximum absolute atomic E-state index is 5.47. The first-order valence-corrected chi connectivity index (χ1v) is 3.35. The minimum atomic E-state index is 0.491. The Balaban J connectivity index is 2.39. The summed E-state index contributed by atoms with van der Waals surface area (Å²) in [5, 5.41) is 0. The lowest BCUT2D eigenvalue weighted by molar-refractivity contribution is 0.0580. The molecule has 0 bridgehead atoms. The Labute approximate surface area is 51.0 Å². The van der Waals surface area contributed by atoms with Crippen LogP contribution in [0.5, 0.6) is 0 Å². The second kappa shape index (κ2) is 2.06. The molecule has 1 heteroatoms. The smallest absolute Gasteiger partial charge is 0.0577 e. The fourth-order valence-corrected chi connectivity index (χ4v) is 1.27. The van der Waals surface area contributed by atoms with Crippen molar-refractivity contribution in [2.45, 2.75) is 39.4 Å². The van der Waals surface area contributed by atoms with Crippen molar-refractivity contribution in [3.05, 3.63) is 0 Å². The first-order chi connectivity index (χ1) is 3.70. The molecule has 8 heavy (non-hydrogen) atoms. The van der Waals surface area contributed by atoms with Crippen molar-refractivity contribution in [1.82, 2.24) is 0 Å². The highest BCUT2D eigenvalue weighted by atomic mass is 16.5. The molecule has 0 N–H and O–H groups in total. The molecule has 1 rings (SSSR count). The van der Waals surface area contributed by atoms with E-state index in [1.165, 1.54) is 6.42 Å². The molecule has 0 saturated carbocycles. The third-order valence-electron chi connectivity index (χ3n) is 1.95. The van der Waals surface area contributed by atoms with Crippen LogP contribution in [0, 0.1) is 5.92 Å². The molecule has 3 atom stereocenters. The van der Waals surface area contributed by atoms with Gasteiger partial charge in [-0.1, -0.05) is 6.92 Å². The Kier molecular flexibility index (Phi) is 1.57. The van der Waals surface area contributed by atoms with Gasteiger partial charge < -0.3 is 4.74 Å². The molecule has 1 nitrogen and oxygen atoms in total. The Bertz CT molecular complexity index is 70.5. The van der Waals surface area contributed by atoms with E-state index < -0.39 is 0 Å². The van der Waals surface area contributed by atoms with Crippen molar-refractivity contribution in [3.63, 3.8) is 0 Å². The molecule has 48 valence electrons. The van der Waals surface area contributed by atoms with E-state index in [1.54, 1.807) is 0 Å². The van der Waals surface area contributed by atoms with Crippen LogP contribution in [0.1, 0.15) is 27.2 Å². The minimum Gasteiger partial charge on any atom is -0.375 e. The fraction of sp³-hybridized carbons (Fsp3) is 1.00. The first-order valence-electron chi connectivity index (χ1n) is 3.35. The zero-order valence-corrected chi connectivity index (χ0v) is 5.85. The predicted molar refractivity (Wildman–Crippen MR) is 33.8 cm³/mol. The van der Waals surface area contributed by atoms with Gasteiger partial charge in [0.25, 0.3) is 0 Å². The van der Waals surface area contributed by atoms with Crippen LogP contribution in [0.2, 0.25) is 0 Å². The van der Waals surface area contributed by atoms with E-state index in [1.807, 2.05) is 0 Å². The van der Waals surface area contributed by atoms with E-state index in [2.05, 4.69) is 20.8 Å². The van der Waals surface area contributed by atoms with Crippen molar-refractivity contribution in [3.8, 4) is 0 Å². The van der Waals surface area contributed by atoms with Crippen molar-refractivity contribution in [2.75, 3.05) is 0 Å². The van der Waals surface area contributed by atoms with Gasteiger partial charge in [0.1, 0.15) is 0 Å². The molecule has 0 aliphatic carbocycles. The molecule has 0 radical (unpaired) electrons. The molecule has 1 fully saturated rings. The molecule has 1 heterocycles. The van der Waals surface area contributed by atoms with Gasteiger partial charge in [-0.25, -0.2) is 0 Å². The molecule has 1 aliphatic heterocycles. The molecule has 0 amide bonds. The summed E-state index contributed by atoms with van der Waals surface area (Å²) >= 11 is 0. The van der Waals surface area contributed by atoms with E-state index >= 15 is 0 Å². The van der Waals surface area contributed by atoms with Crippen molar-refractivity contribution in [1.29, 1.82) is 0 Å². The molecule has 0 aromatic rings. The summed E-state index contributed by atoms with van der Waals surface area (Å²) in [5.74, 6) is 0.769. The maximum atomic E-state index is 5.47. The van der Waals surface area contributed by atoms with Crippen LogP contribution in [-0.4, -0.2) is 12.2 Å². The maximum Gasteiger partial charge on any atom is 0.0577 e. The predicted octanol–water partition coefficient (Wildman–Crippen LogP) is 1.82. The Morgan fingerprint density at radius 2 is 1.88 bits per heavy atom. The highest BCUT2D eigenvalue weighted by Crippen LogP contribution is 2.24. The lowest BCUT2D eigenvalue weighted by Gasteiger charge is -2.05. The second-order valence-corrected chi connectivity index (χ2v) is 2.86. The highest BCUT2D eigenvalue weighted by molar-refractivity contribution is 4.72. The lowest BCUT2D eigenvalue weighted by Crippen LogP contribution is -2.06. The number of hydrogen-bond acceptors (Lipinski definition) is 1. The van der Waals surface area contributed by atoms with Gasteiger partial charge in [-0.05, 0) is 26.2 Å². The minimum absolute atomic E-state index is 0.491. The Hall–Kier alpha value is -0.0400. The number of hydrogen-bond donors (Lipinski definition) is 0. The molecule has 1 saturated heterocycles. The van der Waals surface area contributed by atoms with Gasteiger partial charge in [0.2, 0.25) is 0 Å². The van der Waals surface area contributed by atoms with Crippen LogP contribution in [0.15, 0.2) is 0 Å². The van der Waals surface area contributed by atoms with E-state index in [0.717, 1.165) is 5.92 Å². The second-order valence-electron chi connectivity index (χ2n) is 2.86. The van der Waals surface area contributed by atoms with Crippen LogP contribution >= 0.6 is 0 Å². The molecule has 1 aliphatic rings. The average Bonchev–Trinajstić information content (AvgIpc) is 1.85. The summed E-state index contributed by atoms with van der Waals surface area (Å²) in [6, 6.07) is 0. The van der Waals surface area contributed by atoms with Gasteiger partial charge in [-0.15, -0.1) is 0 Å². The van der Waals surface area contributed by atoms with Crippen LogP contribution in [0.3, 0.4) is 0 Å². The summed E-state index contributed by atoms with van der Waals surface area (Å²) in [5.41, 5.74) is 0. The van der Waals surface area contributed by atoms with Gasteiger partial charge in [0.15, 0.2) is 0 Å². The van der Waals surface area contributed by atoms with Gasteiger partial charge in [-0.3, -0.25) is 0 Å². The van der Waals surface area contributed by atoms with Crippen molar-refractivity contribution in [2.24, 2.45) is 5.92 Å². The molecule has 0 aromatic heterocycles. The SMILES string of the molecule is CC1O[C@@H](C)C[C@@H]1C. The zero-order valence-electron chi connectivity index (χ0n) is 5.85. The van der Waals surface area contributed by atoms with Gasteiger partial charge in [-0.2, -0.15) is 0 Å². The van der Waals surface area contributed by atoms with E-state index in [4.69, 9.17) is 4.74 Å². The summed E-state index contributed by atoms with van der Waals surface area (Å²) in [4.78, 5) is 0.